The van der Waals surface area contributed by atoms with Gasteiger partial charge in [0, 0.05) is 10.3 Å². The van der Waals surface area contributed by atoms with Crippen LogP contribution < -0.4 is 4.72 Å². The predicted molar refractivity (Wildman–Crippen MR) is 91.2 cm³/mol. The van der Waals surface area contributed by atoms with E-state index in [1.54, 1.807) is 24.3 Å². The Balaban J connectivity index is 2.14. The number of sulfonamides is 1. The van der Waals surface area contributed by atoms with Gasteiger partial charge in [0.2, 0.25) is 10.0 Å². The molecule has 1 unspecified atom stereocenters. The predicted octanol–water partition coefficient (Wildman–Crippen LogP) is 2.94. The van der Waals surface area contributed by atoms with Crippen LogP contribution in [0.3, 0.4) is 0 Å². The minimum atomic E-state index is -3.69. The van der Waals surface area contributed by atoms with Crippen LogP contribution in [0, 0.1) is 0 Å². The highest BCUT2D eigenvalue weighted by molar-refractivity contribution is 7.92. The van der Waals surface area contributed by atoms with Gasteiger partial charge in [-0.05, 0) is 23.1 Å². The Kier molecular flexibility index (Phi) is 6.09. The fraction of sp³-hybridized carbons (Fsp3) is 0.188. The third-order valence-corrected chi connectivity index (χ3v) is 5.12. The molecule has 7 heteroatoms. The van der Waals surface area contributed by atoms with Gasteiger partial charge < -0.3 is 4.74 Å². The minimum absolute atomic E-state index is 0.0601. The van der Waals surface area contributed by atoms with Crippen LogP contribution in [0.5, 0.6) is 0 Å². The number of benzene rings is 1. The van der Waals surface area contributed by atoms with E-state index in [1.165, 1.54) is 24.5 Å². The molecule has 0 saturated carbocycles. The summed E-state index contributed by atoms with van der Waals surface area (Å²) in [4.78, 5) is 12.3. The maximum absolute atomic E-state index is 12.2. The average molecular weight is 351 g/mol. The molecule has 5 nitrogen and oxygen atoms in total. The van der Waals surface area contributed by atoms with Gasteiger partial charge in [0.15, 0.2) is 0 Å². The summed E-state index contributed by atoms with van der Waals surface area (Å²) in [5.74, 6) is -0.474. The quantitative estimate of drug-likeness (QED) is 0.779. The Labute approximate surface area is 139 Å². The fourth-order valence-corrected chi connectivity index (χ4v) is 3.78. The topological polar surface area (TPSA) is 72.5 Å². The number of carbonyl (C=O) groups excluding carboxylic acids is 1. The summed E-state index contributed by atoms with van der Waals surface area (Å²) in [6, 6.07) is 12.0. The molecule has 0 fully saturated rings. The van der Waals surface area contributed by atoms with Crippen LogP contribution >= 0.6 is 11.3 Å². The largest absolute Gasteiger partial charge is 0.469 e. The zero-order valence-electron chi connectivity index (χ0n) is 12.5. The summed E-state index contributed by atoms with van der Waals surface area (Å²) < 4.78 is 31.6. The van der Waals surface area contributed by atoms with Crippen molar-refractivity contribution in [2.75, 3.05) is 7.11 Å². The van der Waals surface area contributed by atoms with Crippen molar-refractivity contribution in [3.8, 4) is 0 Å². The van der Waals surface area contributed by atoms with Crippen molar-refractivity contribution in [3.05, 3.63) is 63.7 Å². The summed E-state index contributed by atoms with van der Waals surface area (Å²) >= 11 is 1.38. The third kappa shape index (κ3) is 5.63. The average Bonchev–Trinajstić information content (AvgIpc) is 3.07. The third-order valence-electron chi connectivity index (χ3n) is 3.03. The molecule has 1 N–H and O–H groups in total. The summed E-state index contributed by atoms with van der Waals surface area (Å²) in [6.07, 6.45) is 1.45. The number of thiophene rings is 1. The molecule has 0 aliphatic carbocycles. The van der Waals surface area contributed by atoms with E-state index in [1.807, 2.05) is 23.6 Å². The number of hydrogen-bond donors (Lipinski definition) is 1. The lowest BCUT2D eigenvalue weighted by molar-refractivity contribution is -0.141. The SMILES string of the molecule is COC(=O)CC(NS(=O)(=O)C=Cc1ccccc1)c1cccs1. The zero-order chi connectivity index (χ0) is 16.7. The second kappa shape index (κ2) is 8.05. The zero-order valence-corrected chi connectivity index (χ0v) is 14.1. The van der Waals surface area contributed by atoms with Crippen LogP contribution in [0.2, 0.25) is 0 Å². The molecule has 1 atom stereocenters. The first-order valence-electron chi connectivity index (χ1n) is 6.86. The summed E-state index contributed by atoms with van der Waals surface area (Å²) in [6.45, 7) is 0. The molecule has 122 valence electrons. The van der Waals surface area contributed by atoms with Crippen LogP contribution in [-0.2, 0) is 19.6 Å². The number of ether oxygens (including phenoxy) is 1. The lowest BCUT2D eigenvalue weighted by atomic mass is 10.2. The van der Waals surface area contributed by atoms with E-state index in [0.29, 0.717) is 0 Å². The second-order valence-corrected chi connectivity index (χ2v) is 7.30. The van der Waals surface area contributed by atoms with Crippen LogP contribution in [0.15, 0.2) is 53.3 Å². The number of rotatable bonds is 7. The standard InChI is InChI=1S/C16H17NO4S2/c1-21-16(18)12-14(15-8-5-10-22-15)17-23(19,20)11-9-13-6-3-2-4-7-13/h2-11,14,17H,12H2,1H3. The minimum Gasteiger partial charge on any atom is -0.469 e. The molecule has 0 saturated heterocycles. The van der Waals surface area contributed by atoms with Crippen LogP contribution in [0.4, 0.5) is 0 Å². The summed E-state index contributed by atoms with van der Waals surface area (Å²) in [7, 11) is -2.42. The Hall–Kier alpha value is -1.96. The maximum Gasteiger partial charge on any atom is 0.307 e. The monoisotopic (exact) mass is 351 g/mol. The molecule has 23 heavy (non-hydrogen) atoms. The first-order valence-corrected chi connectivity index (χ1v) is 9.28. The molecule has 1 aromatic heterocycles. The van der Waals surface area contributed by atoms with Crippen LogP contribution in [0.1, 0.15) is 22.9 Å². The Morgan fingerprint density at radius 1 is 1.26 bits per heavy atom. The maximum atomic E-state index is 12.2. The van der Waals surface area contributed by atoms with Crippen LogP contribution in [0.25, 0.3) is 6.08 Å². The Morgan fingerprint density at radius 2 is 2.00 bits per heavy atom. The number of methoxy groups -OCH3 is 1. The molecule has 0 amide bonds. The number of carbonyl (C=O) groups is 1. The number of nitrogens with one attached hydrogen (secondary N) is 1. The first kappa shape index (κ1) is 17.4. The van der Waals surface area contributed by atoms with Gasteiger partial charge in [-0.3, -0.25) is 4.79 Å². The molecule has 0 radical (unpaired) electrons. The fourth-order valence-electron chi connectivity index (χ4n) is 1.91. The lowest BCUT2D eigenvalue weighted by Crippen LogP contribution is -2.28. The van der Waals surface area contributed by atoms with Crippen molar-refractivity contribution in [1.82, 2.24) is 4.72 Å². The number of esters is 1. The first-order chi connectivity index (χ1) is 11.0. The molecule has 0 spiro atoms. The van der Waals surface area contributed by atoms with Gasteiger partial charge in [0.1, 0.15) is 0 Å². The van der Waals surface area contributed by atoms with E-state index in [-0.39, 0.29) is 6.42 Å². The van der Waals surface area contributed by atoms with Gasteiger partial charge in [0.05, 0.1) is 19.6 Å². The van der Waals surface area contributed by atoms with E-state index >= 15 is 0 Å². The van der Waals surface area contributed by atoms with E-state index < -0.39 is 22.0 Å². The van der Waals surface area contributed by atoms with Crippen molar-refractivity contribution in [3.63, 3.8) is 0 Å². The molecule has 0 aliphatic rings. The highest BCUT2D eigenvalue weighted by atomic mass is 32.2. The van der Waals surface area contributed by atoms with Crippen molar-refractivity contribution < 1.29 is 17.9 Å². The molecule has 1 aromatic carbocycles. The Morgan fingerprint density at radius 3 is 2.61 bits per heavy atom. The van der Waals surface area contributed by atoms with Gasteiger partial charge in [-0.15, -0.1) is 11.3 Å². The molecule has 1 heterocycles. The highest BCUT2D eigenvalue weighted by Gasteiger charge is 2.22. The van der Waals surface area contributed by atoms with Gasteiger partial charge >= 0.3 is 5.97 Å². The van der Waals surface area contributed by atoms with Crippen molar-refractivity contribution >= 4 is 33.4 Å². The normalized spacial score (nSPS) is 13.1. The Bertz CT molecular complexity index is 753. The van der Waals surface area contributed by atoms with E-state index in [4.69, 9.17) is 0 Å². The molecular formula is C16H17NO4S2. The van der Waals surface area contributed by atoms with Crippen molar-refractivity contribution in [2.45, 2.75) is 12.5 Å². The van der Waals surface area contributed by atoms with Crippen molar-refractivity contribution in [1.29, 1.82) is 0 Å². The molecule has 0 aliphatic heterocycles. The number of hydrogen-bond acceptors (Lipinski definition) is 5. The van der Waals surface area contributed by atoms with E-state index in [0.717, 1.165) is 15.8 Å². The summed E-state index contributed by atoms with van der Waals surface area (Å²) in [5.41, 5.74) is 0.776. The van der Waals surface area contributed by atoms with Gasteiger partial charge in [-0.1, -0.05) is 36.4 Å². The van der Waals surface area contributed by atoms with E-state index in [9.17, 15) is 13.2 Å². The van der Waals surface area contributed by atoms with E-state index in [2.05, 4.69) is 9.46 Å². The van der Waals surface area contributed by atoms with Gasteiger partial charge in [-0.2, -0.15) is 0 Å². The lowest BCUT2D eigenvalue weighted by Gasteiger charge is -2.15. The van der Waals surface area contributed by atoms with Gasteiger partial charge in [-0.25, -0.2) is 13.1 Å². The molecule has 2 aromatic rings. The van der Waals surface area contributed by atoms with Crippen LogP contribution in [-0.4, -0.2) is 21.5 Å². The highest BCUT2D eigenvalue weighted by Crippen LogP contribution is 2.23. The van der Waals surface area contributed by atoms with Crippen molar-refractivity contribution in [2.24, 2.45) is 0 Å². The smallest absolute Gasteiger partial charge is 0.307 e. The van der Waals surface area contributed by atoms with Gasteiger partial charge in [0.25, 0.3) is 0 Å². The molecule has 2 rings (SSSR count). The molecule has 0 bridgehead atoms. The second-order valence-electron chi connectivity index (χ2n) is 4.72. The molecular weight excluding hydrogens is 334 g/mol. The summed E-state index contributed by atoms with van der Waals surface area (Å²) in [5, 5.41) is 2.92.